The first-order chi connectivity index (χ1) is 30.1. The number of hydrogen-bond acceptors (Lipinski definition) is 25. The van der Waals surface area contributed by atoms with Gasteiger partial charge in [0.05, 0.1) is 41.1 Å². The number of anilines is 2. The maximum absolute atomic E-state index is 12.3. The quantitative estimate of drug-likeness (QED) is 0.00940. The van der Waals surface area contributed by atoms with Crippen molar-refractivity contribution in [3.8, 4) is 11.4 Å². The minimum absolute atomic E-state index is 0.0578. The van der Waals surface area contributed by atoms with Gasteiger partial charge >= 0.3 is 15.7 Å². The maximum Gasteiger partial charge on any atom is 0.433 e. The number of halogens is 1. The van der Waals surface area contributed by atoms with Crippen molar-refractivity contribution in [2.45, 2.75) is 24.7 Å². The lowest BCUT2D eigenvalue weighted by Gasteiger charge is -2.12. The van der Waals surface area contributed by atoms with Crippen molar-refractivity contribution in [1.82, 2.24) is 15.0 Å². The van der Waals surface area contributed by atoms with E-state index < -0.39 is 30.7 Å². The summed E-state index contributed by atoms with van der Waals surface area (Å²) in [6.45, 7) is 0. The lowest BCUT2D eigenvalue weighted by atomic mass is 10.1. The molecule has 0 radical (unpaired) electrons. The minimum atomic E-state index is -4.93. The third-order valence-corrected chi connectivity index (χ3v) is 11.0. The Morgan fingerprint density at radius 2 is 1.25 bits per heavy atom. The van der Waals surface area contributed by atoms with Crippen LogP contribution in [0.2, 0.25) is 5.28 Å². The Balaban J connectivity index is 1.37. The number of thioether (sulfide) groups is 2. The summed E-state index contributed by atoms with van der Waals surface area (Å²) in [5, 5.41) is 56.8. The summed E-state index contributed by atoms with van der Waals surface area (Å²) in [5.41, 5.74) is 0.922. The van der Waals surface area contributed by atoms with E-state index in [9.17, 15) is 26.2 Å². The summed E-state index contributed by atoms with van der Waals surface area (Å²) in [6.07, 6.45) is 1.81. The van der Waals surface area contributed by atoms with Gasteiger partial charge < -0.3 is 10.4 Å². The fourth-order valence-electron chi connectivity index (χ4n) is 5.04. The highest BCUT2D eigenvalue weighted by molar-refractivity contribution is 8.13. The molecule has 0 saturated carbocycles. The lowest BCUT2D eigenvalue weighted by molar-refractivity contribution is -0.432. The molecule has 0 atom stereocenters. The van der Waals surface area contributed by atoms with Crippen molar-refractivity contribution in [2.75, 3.05) is 5.32 Å². The first-order valence-electron chi connectivity index (χ1n) is 16.1. The molecule has 0 saturated heterocycles. The monoisotopic (exact) mass is 998 g/mol. The highest BCUT2D eigenvalue weighted by Crippen LogP contribution is 2.41. The van der Waals surface area contributed by atoms with Crippen LogP contribution in [0.3, 0.4) is 0 Å². The van der Waals surface area contributed by atoms with Crippen molar-refractivity contribution in [3.05, 3.63) is 84.1 Å². The molecule has 1 heterocycles. The normalized spacial score (nSPS) is 12.0. The Bertz CT molecular complexity index is 3070. The van der Waals surface area contributed by atoms with Gasteiger partial charge in [0.25, 0.3) is 10.1 Å². The van der Waals surface area contributed by atoms with Gasteiger partial charge in [-0.05, 0) is 94.4 Å². The van der Waals surface area contributed by atoms with E-state index in [0.29, 0.717) is 96.0 Å². The maximum atomic E-state index is 12.3. The number of benzene rings is 5. The number of aromatic nitrogens is 3. The molecule has 6 aromatic rings. The summed E-state index contributed by atoms with van der Waals surface area (Å²) in [6, 6.07) is 19.6. The summed E-state index contributed by atoms with van der Waals surface area (Å²) in [7, 11) is -9.83. The Kier molecular flexibility index (Phi) is 16.0. The average Bonchev–Trinajstić information content (AvgIpc) is 3.22. The summed E-state index contributed by atoms with van der Waals surface area (Å²) >= 11 is 8.31. The van der Waals surface area contributed by atoms with Crippen molar-refractivity contribution in [3.63, 3.8) is 0 Å². The number of hydrogen-bond donors (Lipinski definition) is 6. The smallest absolute Gasteiger partial charge is 0.433 e. The molecule has 6 rings (SSSR count). The van der Waals surface area contributed by atoms with Crippen LogP contribution in [-0.2, 0) is 48.5 Å². The van der Waals surface area contributed by atoms with E-state index in [4.69, 9.17) is 31.8 Å². The van der Waals surface area contributed by atoms with E-state index >= 15 is 0 Å². The van der Waals surface area contributed by atoms with Crippen LogP contribution in [0, 0.1) is 11.4 Å². The van der Waals surface area contributed by atoms with Crippen LogP contribution < -0.4 is 5.32 Å². The molecule has 1 aromatic heterocycles. The second-order valence-corrected chi connectivity index (χ2v) is 17.3. The van der Waals surface area contributed by atoms with Gasteiger partial charge in [-0.15, -0.1) is 29.1 Å². The largest absolute Gasteiger partial charge is 0.473 e. The molecule has 0 unspecified atom stereocenters. The SMILES string of the molecule is O=C(O)Sc1nc(Cl)nc(Nc2ccc(N=Nc3ccc(N=Nc4ccc(SC#COOS(=O)(=O)O)cc4S(=O)(=O)O)c4cc(SOOO)ccc34)c3cc(SOOO)ccc23)n1. The first-order valence-corrected chi connectivity index (χ1v) is 22.4. The van der Waals surface area contributed by atoms with Gasteiger partial charge in [0, 0.05) is 58.9 Å². The zero-order valence-electron chi connectivity index (χ0n) is 30.2. The van der Waals surface area contributed by atoms with Crippen LogP contribution in [0.5, 0.6) is 0 Å². The second-order valence-electron chi connectivity index (χ2n) is 11.2. The number of fused-ring (bicyclic) bond motifs is 2. The van der Waals surface area contributed by atoms with Crippen LogP contribution in [-0.4, -0.2) is 61.8 Å². The van der Waals surface area contributed by atoms with E-state index in [-0.39, 0.29) is 32.7 Å². The van der Waals surface area contributed by atoms with E-state index in [2.05, 4.69) is 73.9 Å². The van der Waals surface area contributed by atoms with E-state index in [1.165, 1.54) is 18.2 Å². The van der Waals surface area contributed by atoms with Crippen LogP contribution in [0.25, 0.3) is 21.5 Å². The molecule has 63 heavy (non-hydrogen) atoms. The molecule has 0 fully saturated rings. The number of rotatable bonds is 17. The molecule has 31 heteroatoms. The fraction of sp³-hybridized carbons (Fsp3) is 0. The average molecular weight is 999 g/mol. The summed E-state index contributed by atoms with van der Waals surface area (Å²) in [4.78, 5) is 27.5. The van der Waals surface area contributed by atoms with Gasteiger partial charge in [0.2, 0.25) is 16.4 Å². The van der Waals surface area contributed by atoms with Crippen molar-refractivity contribution in [1.29, 1.82) is 0 Å². The number of nitrogens with one attached hydrogen (secondary N) is 1. The highest BCUT2D eigenvalue weighted by atomic mass is 35.5. The Morgan fingerprint density at radius 1 is 0.698 bits per heavy atom. The molecule has 0 spiro atoms. The molecule has 0 aliphatic rings. The molecule has 0 aliphatic heterocycles. The van der Waals surface area contributed by atoms with Crippen LogP contribution in [0.4, 0.5) is 39.2 Å². The molecule has 0 bridgehead atoms. The molecule has 24 nitrogen and oxygen atoms in total. The zero-order valence-corrected chi connectivity index (χ0v) is 35.8. The van der Waals surface area contributed by atoms with Gasteiger partial charge in [0.1, 0.15) is 10.6 Å². The molecule has 5 aromatic carbocycles. The second kappa shape index (κ2) is 21.4. The van der Waals surface area contributed by atoms with Crippen LogP contribution >= 0.6 is 59.2 Å². The van der Waals surface area contributed by atoms with Crippen LogP contribution in [0.15, 0.2) is 124 Å². The van der Waals surface area contributed by atoms with E-state index in [1.54, 1.807) is 54.6 Å². The Labute approximate surface area is 374 Å². The van der Waals surface area contributed by atoms with Gasteiger partial charge in [-0.2, -0.15) is 31.8 Å². The molecule has 6 N–H and O–H groups in total. The zero-order chi connectivity index (χ0) is 45.1. The van der Waals surface area contributed by atoms with E-state index in [1.807, 2.05) is 6.11 Å². The Morgan fingerprint density at radius 3 is 1.86 bits per heavy atom. The fourth-order valence-corrected chi connectivity index (χ4v) is 7.82. The molecule has 326 valence electrons. The molecular weight excluding hydrogens is 980 g/mol. The Hall–Kier alpha value is -5.31. The number of nitrogens with zero attached hydrogens (tertiary/aromatic N) is 7. The predicted octanol–water partition coefficient (Wildman–Crippen LogP) is 10.0. The van der Waals surface area contributed by atoms with Gasteiger partial charge in [-0.25, -0.2) is 15.3 Å². The first kappa shape index (κ1) is 47.2. The van der Waals surface area contributed by atoms with Gasteiger partial charge in [-0.1, -0.05) is 22.2 Å². The van der Waals surface area contributed by atoms with Crippen molar-refractivity contribution >= 4 is 141 Å². The standard InChI is InChI=1S/C32H19ClN8O16S6/c33-29-35-30(37-31(36-29)59-32(42)43)34-23-7-8-25(21-13-17(60-55-53-44)1-4-19(21)23)39-38-24-9-10-26(22-14-18(61-56-54-45)2-5-20(22)24)40-41-27-6-3-16(15-28(27)62(46,47)48)58-12-11-52-57-63(49,50)51/h1-10,13-15,44-45H,(H,42,43)(H,46,47,48)(H,49,50,51)(H,34,35,36,37). The molecular formula is C32H19ClN8O16S6. The number of carboxylic acid groups (broad SMARTS) is 1. The number of carbonyl (C=O) groups is 1. The van der Waals surface area contributed by atoms with Gasteiger partial charge in [-0.3, -0.25) is 14.0 Å². The summed E-state index contributed by atoms with van der Waals surface area (Å²) < 4.78 is 77.1. The molecule has 0 amide bonds. The van der Waals surface area contributed by atoms with E-state index in [0.717, 1.165) is 6.07 Å². The van der Waals surface area contributed by atoms with Gasteiger partial charge in [0.15, 0.2) is 6.11 Å². The molecule has 0 aliphatic carbocycles. The van der Waals surface area contributed by atoms with Crippen LogP contribution in [0.1, 0.15) is 0 Å². The highest BCUT2D eigenvalue weighted by Gasteiger charge is 2.18. The third-order valence-electron chi connectivity index (χ3n) is 7.35. The number of azo groups is 2. The van der Waals surface area contributed by atoms with Crippen molar-refractivity contribution < 1.29 is 74.3 Å². The topological polar surface area (TPSA) is 342 Å². The van der Waals surface area contributed by atoms with Crippen molar-refractivity contribution in [2.24, 2.45) is 20.5 Å². The third kappa shape index (κ3) is 13.4. The lowest BCUT2D eigenvalue weighted by Crippen LogP contribution is -2.02. The minimum Gasteiger partial charge on any atom is -0.473 e. The predicted molar refractivity (Wildman–Crippen MR) is 223 cm³/mol. The summed E-state index contributed by atoms with van der Waals surface area (Å²) in [5.74, 6) is -0.0578.